The fourth-order valence-electron chi connectivity index (χ4n) is 4.29. The van der Waals surface area contributed by atoms with Crippen LogP contribution in [0.4, 0.5) is 30.6 Å². The molecule has 0 saturated heterocycles. The summed E-state index contributed by atoms with van der Waals surface area (Å²) in [5.41, 5.74) is 1.97. The van der Waals surface area contributed by atoms with Crippen molar-refractivity contribution >= 4 is 17.5 Å². The lowest BCUT2D eigenvalue weighted by molar-refractivity contribution is -0.141. The van der Waals surface area contributed by atoms with Crippen LogP contribution in [0.2, 0.25) is 0 Å². The quantitative estimate of drug-likeness (QED) is 0.479. The summed E-state index contributed by atoms with van der Waals surface area (Å²) in [5.74, 6) is 1.36. The zero-order chi connectivity index (χ0) is 25.5. The molecule has 3 atom stereocenters. The first-order valence-electron chi connectivity index (χ1n) is 11.3. The van der Waals surface area contributed by atoms with Crippen molar-refractivity contribution < 1.29 is 18.3 Å². The molecule has 0 amide bonds. The third kappa shape index (κ3) is 5.02. The molecule has 0 spiro atoms. The summed E-state index contributed by atoms with van der Waals surface area (Å²) in [4.78, 5) is 14.7. The summed E-state index contributed by atoms with van der Waals surface area (Å²) in [6, 6.07) is 1.96. The van der Waals surface area contributed by atoms with Crippen LogP contribution in [0, 0.1) is 12.8 Å². The second kappa shape index (κ2) is 9.33. The maximum Gasteiger partial charge on any atom is 0.433 e. The van der Waals surface area contributed by atoms with Crippen LogP contribution in [0.15, 0.2) is 30.7 Å². The van der Waals surface area contributed by atoms with E-state index in [1.54, 1.807) is 10.9 Å². The predicted molar refractivity (Wildman–Crippen MR) is 126 cm³/mol. The van der Waals surface area contributed by atoms with E-state index in [0.29, 0.717) is 35.3 Å². The predicted octanol–water partition coefficient (Wildman–Crippen LogP) is 3.82. The van der Waals surface area contributed by atoms with E-state index in [1.165, 1.54) is 12.3 Å². The number of nitrogens with one attached hydrogen (secondary N) is 2. The van der Waals surface area contributed by atoms with Gasteiger partial charge in [-0.1, -0.05) is 19.9 Å². The molecule has 12 heteroatoms. The lowest BCUT2D eigenvalue weighted by Gasteiger charge is -2.41. The Morgan fingerprint density at radius 3 is 2.54 bits per heavy atom. The average Bonchev–Trinajstić information content (AvgIpc) is 3.26. The van der Waals surface area contributed by atoms with Crippen molar-refractivity contribution in [3.63, 3.8) is 0 Å². The smallest absolute Gasteiger partial charge is 0.372 e. The number of alkyl halides is 3. The highest BCUT2D eigenvalue weighted by Gasteiger charge is 2.35. The molecular formula is C23H29F3N8O. The van der Waals surface area contributed by atoms with E-state index in [2.05, 4.69) is 30.7 Å². The lowest BCUT2D eigenvalue weighted by atomic mass is 9.98. The van der Waals surface area contributed by atoms with Crippen LogP contribution < -0.4 is 15.5 Å². The molecule has 1 aliphatic heterocycles. The molecule has 9 nitrogen and oxygen atoms in total. The van der Waals surface area contributed by atoms with E-state index in [-0.39, 0.29) is 18.0 Å². The number of anilines is 3. The van der Waals surface area contributed by atoms with Crippen molar-refractivity contribution in [3.05, 3.63) is 53.2 Å². The van der Waals surface area contributed by atoms with Crippen molar-refractivity contribution in [2.24, 2.45) is 5.92 Å². The van der Waals surface area contributed by atoms with Crippen molar-refractivity contribution in [2.75, 3.05) is 22.6 Å². The van der Waals surface area contributed by atoms with Crippen LogP contribution in [0.25, 0.3) is 0 Å². The van der Waals surface area contributed by atoms with Gasteiger partial charge in [-0.25, -0.2) is 4.98 Å². The minimum absolute atomic E-state index is 0.135. The number of hydrogen-bond acceptors (Lipinski definition) is 8. The number of aryl methyl sites for hydroxylation is 1. The molecule has 3 N–H and O–H groups in total. The van der Waals surface area contributed by atoms with Crippen LogP contribution in [-0.2, 0) is 12.7 Å². The number of likely N-dealkylation sites (N-methyl/N-ethyl adjacent to an activating group) is 1. The van der Waals surface area contributed by atoms with Gasteiger partial charge in [0.05, 0.1) is 24.0 Å². The molecule has 1 aliphatic rings. The van der Waals surface area contributed by atoms with E-state index in [1.807, 2.05) is 45.8 Å². The summed E-state index contributed by atoms with van der Waals surface area (Å²) < 4.78 is 40.0. The molecule has 3 aromatic heterocycles. The lowest BCUT2D eigenvalue weighted by Crippen LogP contribution is -2.52. The number of hydrogen-bond donors (Lipinski definition) is 3. The summed E-state index contributed by atoms with van der Waals surface area (Å²) in [5, 5.41) is 21.2. The Labute approximate surface area is 201 Å². The van der Waals surface area contributed by atoms with Crippen LogP contribution in [0.5, 0.6) is 0 Å². The molecule has 0 fully saturated rings. The zero-order valence-electron chi connectivity index (χ0n) is 20.2. The number of pyridine rings is 1. The standard InChI is InChI=1S/C23H29F3N8O/c1-12(2)19-21(35)31-18-13(3)30-22(32-20(18)33(19)5)28-8-15-9-29-34(11-15)14(4)16-6-7-17(27-10-16)23(24,25)26/h6-7,9-12,14,19,21,31,35H,8H2,1-5H3,(H,28,30,32)/t14-,19?,21?/m0/s1. The van der Waals surface area contributed by atoms with Gasteiger partial charge >= 0.3 is 6.18 Å². The van der Waals surface area contributed by atoms with E-state index in [9.17, 15) is 18.3 Å². The van der Waals surface area contributed by atoms with E-state index in [0.717, 1.165) is 11.6 Å². The summed E-state index contributed by atoms with van der Waals surface area (Å²) in [6.07, 6.45) is -0.460. The minimum atomic E-state index is -4.47. The van der Waals surface area contributed by atoms with Gasteiger partial charge < -0.3 is 20.6 Å². The average molecular weight is 491 g/mol. The van der Waals surface area contributed by atoms with Gasteiger partial charge in [0, 0.05) is 31.5 Å². The number of aliphatic hydroxyl groups is 1. The van der Waals surface area contributed by atoms with Gasteiger partial charge in [0.2, 0.25) is 5.95 Å². The number of aliphatic hydroxyl groups excluding tert-OH is 1. The Kier molecular flexibility index (Phi) is 6.58. The van der Waals surface area contributed by atoms with Crippen LogP contribution >= 0.6 is 0 Å². The summed E-state index contributed by atoms with van der Waals surface area (Å²) >= 11 is 0. The van der Waals surface area contributed by atoms with Gasteiger partial charge in [0.1, 0.15) is 17.6 Å². The summed E-state index contributed by atoms with van der Waals surface area (Å²) in [7, 11) is 1.91. The molecule has 4 rings (SSSR count). The molecule has 0 radical (unpaired) electrons. The van der Waals surface area contributed by atoms with Crippen molar-refractivity contribution in [1.82, 2.24) is 24.7 Å². The summed E-state index contributed by atoms with van der Waals surface area (Å²) in [6.45, 7) is 8.19. The van der Waals surface area contributed by atoms with Gasteiger partial charge in [0.25, 0.3) is 0 Å². The van der Waals surface area contributed by atoms with Gasteiger partial charge in [-0.15, -0.1) is 0 Å². The van der Waals surface area contributed by atoms with Gasteiger partial charge in [-0.3, -0.25) is 9.67 Å². The molecule has 0 aromatic carbocycles. The highest BCUT2D eigenvalue weighted by molar-refractivity contribution is 5.72. The Bertz CT molecular complexity index is 1180. The first-order valence-corrected chi connectivity index (χ1v) is 11.3. The molecular weight excluding hydrogens is 461 g/mol. The topological polar surface area (TPSA) is 104 Å². The molecule has 35 heavy (non-hydrogen) atoms. The second-order valence-corrected chi connectivity index (χ2v) is 9.10. The SMILES string of the molecule is Cc1nc(NCc2cnn([C@@H](C)c3ccc(C(F)(F)F)nc3)c2)nc2c1NC(O)C(C(C)C)N2C. The van der Waals surface area contributed by atoms with Crippen molar-refractivity contribution in [2.45, 2.75) is 58.7 Å². The second-order valence-electron chi connectivity index (χ2n) is 9.10. The molecule has 2 unspecified atom stereocenters. The van der Waals surface area contributed by atoms with Gasteiger partial charge in [-0.2, -0.15) is 23.3 Å². The normalized spacial score (nSPS) is 18.9. The monoisotopic (exact) mass is 490 g/mol. The molecule has 0 saturated carbocycles. The highest BCUT2D eigenvalue weighted by atomic mass is 19.4. The van der Waals surface area contributed by atoms with Crippen molar-refractivity contribution in [3.8, 4) is 0 Å². The number of rotatable bonds is 6. The number of aromatic nitrogens is 5. The van der Waals surface area contributed by atoms with Crippen LogP contribution in [0.1, 0.15) is 49.3 Å². The maximum atomic E-state index is 12.8. The number of nitrogens with zero attached hydrogens (tertiary/aromatic N) is 6. The third-order valence-electron chi connectivity index (χ3n) is 6.21. The van der Waals surface area contributed by atoms with Gasteiger partial charge in [0.15, 0.2) is 5.82 Å². The fourth-order valence-corrected chi connectivity index (χ4v) is 4.29. The number of fused-ring (bicyclic) bond motifs is 1. The van der Waals surface area contributed by atoms with Crippen LogP contribution in [-0.4, -0.2) is 49.2 Å². The van der Waals surface area contributed by atoms with Gasteiger partial charge in [-0.05, 0) is 31.4 Å². The first-order chi connectivity index (χ1) is 16.5. The Hall–Kier alpha value is -3.41. The largest absolute Gasteiger partial charge is 0.433 e. The Morgan fingerprint density at radius 2 is 1.91 bits per heavy atom. The molecule has 3 aromatic rings. The molecule has 4 heterocycles. The Morgan fingerprint density at radius 1 is 1.17 bits per heavy atom. The van der Waals surface area contributed by atoms with E-state index in [4.69, 9.17) is 0 Å². The third-order valence-corrected chi connectivity index (χ3v) is 6.21. The molecule has 188 valence electrons. The van der Waals surface area contributed by atoms with Crippen molar-refractivity contribution in [1.29, 1.82) is 0 Å². The highest BCUT2D eigenvalue weighted by Crippen LogP contribution is 2.35. The van der Waals surface area contributed by atoms with E-state index < -0.39 is 18.1 Å². The zero-order valence-corrected chi connectivity index (χ0v) is 20.2. The Balaban J connectivity index is 1.46. The minimum Gasteiger partial charge on any atom is -0.372 e. The molecule has 0 bridgehead atoms. The van der Waals surface area contributed by atoms with Crippen LogP contribution in [0.3, 0.4) is 0 Å². The number of halogens is 3. The fraction of sp³-hybridized carbons (Fsp3) is 0.478. The first kappa shape index (κ1) is 24.7. The maximum absolute atomic E-state index is 12.8. The van der Waals surface area contributed by atoms with E-state index >= 15 is 0 Å². The molecule has 0 aliphatic carbocycles.